The Balaban J connectivity index is 0.00000420. The summed E-state index contributed by atoms with van der Waals surface area (Å²) in [6, 6.07) is 25.0. The Morgan fingerprint density at radius 3 is 2.33 bits per heavy atom. The van der Waals surface area contributed by atoms with Crippen LogP contribution < -0.4 is 4.74 Å². The van der Waals surface area contributed by atoms with Gasteiger partial charge in [0, 0.05) is 19.6 Å². The lowest BCUT2D eigenvalue weighted by Crippen LogP contribution is -2.26. The standard InChI is InChI=1S/C30H27ClF3NO3.ClH/c31-29-24(11-5-14-27(29)30(32,33)34)20-35(19-23-10-4-9-22-8-1-2-13-26(22)23)15-6-16-38-25-12-3-7-21(17-25)18-28(36)37;/h1-5,7-14,17H,6,15-16,18-20H2,(H,36,37);1H. The molecule has 0 atom stereocenters. The summed E-state index contributed by atoms with van der Waals surface area (Å²) in [5.41, 5.74) is 1.27. The molecular weight excluding hydrogens is 550 g/mol. The summed E-state index contributed by atoms with van der Waals surface area (Å²) in [5, 5.41) is 10.9. The Morgan fingerprint density at radius 1 is 0.897 bits per heavy atom. The molecule has 9 heteroatoms. The summed E-state index contributed by atoms with van der Waals surface area (Å²) < 4.78 is 46.2. The topological polar surface area (TPSA) is 49.8 Å². The Labute approximate surface area is 236 Å². The van der Waals surface area contributed by atoms with Crippen LogP contribution in [0.25, 0.3) is 10.8 Å². The average molecular weight is 578 g/mol. The number of ether oxygens (including phenoxy) is 1. The lowest BCUT2D eigenvalue weighted by atomic mass is 10.0. The molecule has 0 heterocycles. The molecule has 206 valence electrons. The van der Waals surface area contributed by atoms with Gasteiger partial charge in [0.1, 0.15) is 5.75 Å². The molecule has 0 spiro atoms. The van der Waals surface area contributed by atoms with Gasteiger partial charge in [-0.15, -0.1) is 12.4 Å². The van der Waals surface area contributed by atoms with Crippen LogP contribution in [0.3, 0.4) is 0 Å². The number of carbonyl (C=O) groups is 1. The minimum absolute atomic E-state index is 0. The molecule has 0 aliphatic heterocycles. The van der Waals surface area contributed by atoms with Crippen LogP contribution >= 0.6 is 24.0 Å². The minimum atomic E-state index is -4.53. The minimum Gasteiger partial charge on any atom is -0.494 e. The van der Waals surface area contributed by atoms with Crippen LogP contribution in [-0.2, 0) is 30.5 Å². The van der Waals surface area contributed by atoms with Crippen molar-refractivity contribution in [3.8, 4) is 5.75 Å². The molecule has 0 aliphatic carbocycles. The van der Waals surface area contributed by atoms with Crippen molar-refractivity contribution < 1.29 is 27.8 Å². The maximum atomic E-state index is 13.4. The van der Waals surface area contributed by atoms with E-state index in [0.29, 0.717) is 43.0 Å². The smallest absolute Gasteiger partial charge is 0.417 e. The number of carboxylic acid groups (broad SMARTS) is 1. The van der Waals surface area contributed by atoms with Gasteiger partial charge >= 0.3 is 12.1 Å². The lowest BCUT2D eigenvalue weighted by molar-refractivity contribution is -0.138. The zero-order valence-corrected chi connectivity index (χ0v) is 22.5. The van der Waals surface area contributed by atoms with Crippen molar-refractivity contribution >= 4 is 40.7 Å². The number of rotatable bonds is 11. The van der Waals surface area contributed by atoms with E-state index >= 15 is 0 Å². The predicted molar refractivity (Wildman–Crippen MR) is 150 cm³/mol. The van der Waals surface area contributed by atoms with Gasteiger partial charge in [-0.1, -0.05) is 78.3 Å². The maximum absolute atomic E-state index is 13.4. The van der Waals surface area contributed by atoms with Gasteiger partial charge in [-0.3, -0.25) is 9.69 Å². The normalized spacial score (nSPS) is 11.4. The lowest BCUT2D eigenvalue weighted by Gasteiger charge is -2.25. The number of hydrogen-bond acceptors (Lipinski definition) is 3. The van der Waals surface area contributed by atoms with Crippen LogP contribution in [0.2, 0.25) is 5.02 Å². The first-order valence-corrected chi connectivity index (χ1v) is 12.6. The highest BCUT2D eigenvalue weighted by Crippen LogP contribution is 2.36. The predicted octanol–water partition coefficient (Wildman–Crippen LogP) is 8.03. The fraction of sp³-hybridized carbons (Fsp3) is 0.233. The number of alkyl halides is 3. The van der Waals surface area contributed by atoms with Gasteiger partial charge in [-0.2, -0.15) is 13.2 Å². The molecule has 0 saturated carbocycles. The number of aliphatic carboxylic acids is 1. The van der Waals surface area contributed by atoms with Gasteiger partial charge < -0.3 is 9.84 Å². The molecule has 4 aromatic carbocycles. The van der Waals surface area contributed by atoms with E-state index in [9.17, 15) is 18.0 Å². The molecule has 1 N–H and O–H groups in total. The molecule has 4 nitrogen and oxygen atoms in total. The summed E-state index contributed by atoms with van der Waals surface area (Å²) in [6.45, 7) is 1.66. The van der Waals surface area contributed by atoms with Crippen LogP contribution in [0, 0.1) is 0 Å². The second kappa shape index (κ2) is 13.7. The zero-order chi connectivity index (χ0) is 27.1. The van der Waals surface area contributed by atoms with E-state index in [1.54, 1.807) is 30.3 Å². The van der Waals surface area contributed by atoms with Gasteiger partial charge in [0.2, 0.25) is 0 Å². The summed E-state index contributed by atoms with van der Waals surface area (Å²) in [4.78, 5) is 13.0. The van der Waals surface area contributed by atoms with E-state index in [2.05, 4.69) is 4.90 Å². The van der Waals surface area contributed by atoms with E-state index in [1.165, 1.54) is 6.07 Å². The van der Waals surface area contributed by atoms with Gasteiger partial charge in [0.05, 0.1) is 23.6 Å². The Morgan fingerprint density at radius 2 is 1.56 bits per heavy atom. The molecule has 4 rings (SSSR count). The zero-order valence-electron chi connectivity index (χ0n) is 21.0. The van der Waals surface area contributed by atoms with Crippen molar-refractivity contribution in [2.24, 2.45) is 0 Å². The number of carboxylic acids is 1. The molecule has 0 unspecified atom stereocenters. The van der Waals surface area contributed by atoms with Crippen LogP contribution in [0.1, 0.15) is 28.7 Å². The Bertz CT molecular complexity index is 1410. The van der Waals surface area contributed by atoms with E-state index in [0.717, 1.165) is 22.4 Å². The highest BCUT2D eigenvalue weighted by molar-refractivity contribution is 6.32. The van der Waals surface area contributed by atoms with E-state index in [1.807, 2.05) is 42.5 Å². The molecule has 0 aromatic heterocycles. The molecular formula is C30H28Cl2F3NO3. The highest BCUT2D eigenvalue weighted by atomic mass is 35.5. The first-order valence-electron chi connectivity index (χ1n) is 12.2. The molecule has 0 saturated heterocycles. The molecule has 0 bridgehead atoms. The third kappa shape index (κ3) is 8.36. The van der Waals surface area contributed by atoms with Crippen LogP contribution in [-0.4, -0.2) is 29.1 Å². The summed E-state index contributed by atoms with van der Waals surface area (Å²) >= 11 is 6.21. The largest absolute Gasteiger partial charge is 0.494 e. The molecule has 4 aromatic rings. The van der Waals surface area contributed by atoms with Gasteiger partial charge in [0.25, 0.3) is 0 Å². The first-order chi connectivity index (χ1) is 18.2. The van der Waals surface area contributed by atoms with Crippen LogP contribution in [0.15, 0.2) is 84.9 Å². The number of hydrogen-bond donors (Lipinski definition) is 1. The Hall–Kier alpha value is -3.26. The van der Waals surface area contributed by atoms with Crippen molar-refractivity contribution in [3.05, 3.63) is 112 Å². The van der Waals surface area contributed by atoms with Crippen molar-refractivity contribution in [1.29, 1.82) is 0 Å². The van der Waals surface area contributed by atoms with Crippen molar-refractivity contribution in [2.75, 3.05) is 13.2 Å². The maximum Gasteiger partial charge on any atom is 0.417 e. The number of nitrogens with zero attached hydrogens (tertiary/aromatic N) is 1. The second-order valence-corrected chi connectivity index (χ2v) is 9.42. The van der Waals surface area contributed by atoms with E-state index in [-0.39, 0.29) is 30.4 Å². The third-order valence-corrected chi connectivity index (χ3v) is 6.64. The van der Waals surface area contributed by atoms with Gasteiger partial charge in [0.15, 0.2) is 0 Å². The Kier molecular flexibility index (Phi) is 10.6. The molecule has 0 fully saturated rings. The van der Waals surface area contributed by atoms with Crippen LogP contribution in [0.4, 0.5) is 13.2 Å². The second-order valence-electron chi connectivity index (χ2n) is 9.05. The van der Waals surface area contributed by atoms with Gasteiger partial charge in [-0.25, -0.2) is 0 Å². The van der Waals surface area contributed by atoms with Crippen molar-refractivity contribution in [1.82, 2.24) is 4.90 Å². The summed E-state index contributed by atoms with van der Waals surface area (Å²) in [6.07, 6.45) is -4.02. The quantitative estimate of drug-likeness (QED) is 0.183. The monoisotopic (exact) mass is 577 g/mol. The van der Waals surface area contributed by atoms with E-state index < -0.39 is 17.7 Å². The number of benzene rings is 4. The average Bonchev–Trinajstić information content (AvgIpc) is 2.87. The summed E-state index contributed by atoms with van der Waals surface area (Å²) in [7, 11) is 0. The fourth-order valence-corrected chi connectivity index (χ4v) is 4.74. The SMILES string of the molecule is Cl.O=C(O)Cc1cccc(OCCCN(Cc2cccc(C(F)(F)F)c2Cl)Cc2cccc3ccccc23)c1. The van der Waals surface area contributed by atoms with Crippen molar-refractivity contribution in [3.63, 3.8) is 0 Å². The molecule has 0 aliphatic rings. The molecule has 0 amide bonds. The molecule has 0 radical (unpaired) electrons. The van der Waals surface area contributed by atoms with E-state index in [4.69, 9.17) is 21.4 Å². The van der Waals surface area contributed by atoms with Crippen molar-refractivity contribution in [2.45, 2.75) is 32.1 Å². The first kappa shape index (κ1) is 30.3. The van der Waals surface area contributed by atoms with Crippen LogP contribution in [0.5, 0.6) is 5.75 Å². The third-order valence-electron chi connectivity index (χ3n) is 6.19. The highest BCUT2D eigenvalue weighted by Gasteiger charge is 2.34. The summed E-state index contributed by atoms with van der Waals surface area (Å²) in [5.74, 6) is -0.343. The fourth-order valence-electron chi connectivity index (χ4n) is 4.45. The van der Waals surface area contributed by atoms with Gasteiger partial charge in [-0.05, 0) is 52.1 Å². The number of fused-ring (bicyclic) bond motifs is 1. The molecule has 39 heavy (non-hydrogen) atoms. The number of halogens is 5.